The molecule has 1 aliphatic carbocycles. The third-order valence-corrected chi connectivity index (χ3v) is 3.59. The van der Waals surface area contributed by atoms with Crippen molar-refractivity contribution in [3.63, 3.8) is 0 Å². The van der Waals surface area contributed by atoms with E-state index in [4.69, 9.17) is 10.8 Å². The monoisotopic (exact) mass is 241 g/mol. The van der Waals surface area contributed by atoms with E-state index in [0.29, 0.717) is 12.8 Å². The molecule has 0 aromatic heterocycles. The summed E-state index contributed by atoms with van der Waals surface area (Å²) in [5, 5.41) is 8.68. The van der Waals surface area contributed by atoms with Crippen molar-refractivity contribution in [3.8, 4) is 0 Å². The van der Waals surface area contributed by atoms with Crippen molar-refractivity contribution in [1.82, 2.24) is 0 Å². The summed E-state index contributed by atoms with van der Waals surface area (Å²) in [6, 6.07) is 2.44. The van der Waals surface area contributed by atoms with Crippen LogP contribution in [-0.2, 0) is 5.41 Å². The quantitative estimate of drug-likeness (QED) is 0.851. The van der Waals surface area contributed by atoms with Gasteiger partial charge in [0.05, 0.1) is 5.56 Å². The van der Waals surface area contributed by atoms with Crippen molar-refractivity contribution in [2.24, 2.45) is 5.73 Å². The van der Waals surface area contributed by atoms with Crippen molar-refractivity contribution < 1.29 is 18.7 Å². The fourth-order valence-electron chi connectivity index (χ4n) is 2.31. The summed E-state index contributed by atoms with van der Waals surface area (Å²) in [7, 11) is 0. The Labute approximate surface area is 97.2 Å². The molecule has 0 unspecified atom stereocenters. The van der Waals surface area contributed by atoms with Gasteiger partial charge in [0, 0.05) is 12.0 Å². The first kappa shape index (κ1) is 12.0. The SMILES string of the molecule is NCC1(c2ccc(C(=O)O)c(F)c2F)CCC1. The second kappa shape index (κ2) is 4.07. The first-order valence-electron chi connectivity index (χ1n) is 5.44. The lowest BCUT2D eigenvalue weighted by Gasteiger charge is -2.41. The first-order chi connectivity index (χ1) is 8.02. The van der Waals surface area contributed by atoms with E-state index in [1.807, 2.05) is 0 Å². The maximum atomic E-state index is 13.8. The summed E-state index contributed by atoms with van der Waals surface area (Å²) in [6.45, 7) is 0.246. The number of halogens is 2. The molecule has 0 bridgehead atoms. The topological polar surface area (TPSA) is 63.3 Å². The standard InChI is InChI=1S/C12H13F2NO2/c13-9-7(11(16)17)2-3-8(10(9)14)12(6-15)4-1-5-12/h2-3H,1,4-6,15H2,(H,16,17). The average Bonchev–Trinajstić information content (AvgIpc) is 2.23. The molecule has 5 heteroatoms. The smallest absolute Gasteiger partial charge is 0.338 e. The van der Waals surface area contributed by atoms with Gasteiger partial charge in [0.15, 0.2) is 11.6 Å². The Hall–Kier alpha value is -1.49. The van der Waals surface area contributed by atoms with Gasteiger partial charge in [-0.1, -0.05) is 12.5 Å². The number of aromatic carboxylic acids is 1. The van der Waals surface area contributed by atoms with E-state index in [1.165, 1.54) is 6.07 Å². The van der Waals surface area contributed by atoms with E-state index >= 15 is 0 Å². The van der Waals surface area contributed by atoms with Gasteiger partial charge >= 0.3 is 5.97 Å². The number of hydrogen-bond acceptors (Lipinski definition) is 2. The molecule has 0 spiro atoms. The predicted molar refractivity (Wildman–Crippen MR) is 57.9 cm³/mol. The summed E-state index contributed by atoms with van der Waals surface area (Å²) in [4.78, 5) is 10.7. The second-order valence-electron chi connectivity index (χ2n) is 4.43. The molecule has 92 valence electrons. The fourth-order valence-corrected chi connectivity index (χ4v) is 2.31. The molecule has 17 heavy (non-hydrogen) atoms. The molecule has 0 saturated heterocycles. The van der Waals surface area contributed by atoms with Crippen LogP contribution in [0.3, 0.4) is 0 Å². The fraction of sp³-hybridized carbons (Fsp3) is 0.417. The highest BCUT2D eigenvalue weighted by Gasteiger charge is 2.40. The molecule has 1 aromatic carbocycles. The average molecular weight is 241 g/mol. The third-order valence-electron chi connectivity index (χ3n) is 3.59. The molecule has 0 heterocycles. The van der Waals surface area contributed by atoms with Crippen LogP contribution in [0.2, 0.25) is 0 Å². The van der Waals surface area contributed by atoms with E-state index in [9.17, 15) is 13.6 Å². The van der Waals surface area contributed by atoms with Gasteiger partial charge in [-0.05, 0) is 24.5 Å². The van der Waals surface area contributed by atoms with Crippen LogP contribution in [0.4, 0.5) is 8.78 Å². The van der Waals surface area contributed by atoms with Crippen LogP contribution in [0, 0.1) is 11.6 Å². The van der Waals surface area contributed by atoms with Gasteiger partial charge in [-0.25, -0.2) is 13.6 Å². The van der Waals surface area contributed by atoms with Crippen molar-refractivity contribution in [2.45, 2.75) is 24.7 Å². The lowest BCUT2D eigenvalue weighted by atomic mass is 9.64. The lowest BCUT2D eigenvalue weighted by molar-refractivity contribution is 0.0690. The Morgan fingerprint density at radius 2 is 2.00 bits per heavy atom. The maximum absolute atomic E-state index is 13.8. The zero-order chi connectivity index (χ0) is 12.6. The number of rotatable bonds is 3. The van der Waals surface area contributed by atoms with Crippen molar-refractivity contribution in [1.29, 1.82) is 0 Å². The lowest BCUT2D eigenvalue weighted by Crippen LogP contribution is -2.42. The minimum Gasteiger partial charge on any atom is -0.478 e. The summed E-state index contributed by atoms with van der Waals surface area (Å²) < 4.78 is 27.4. The molecule has 1 aliphatic rings. The van der Waals surface area contributed by atoms with Gasteiger partial charge in [0.25, 0.3) is 0 Å². The largest absolute Gasteiger partial charge is 0.478 e. The Kier molecular flexibility index (Phi) is 2.87. The summed E-state index contributed by atoms with van der Waals surface area (Å²) in [6.07, 6.45) is 2.36. The molecule has 0 radical (unpaired) electrons. The summed E-state index contributed by atoms with van der Waals surface area (Å²) in [5.41, 5.74) is 4.66. The molecule has 1 aromatic rings. The van der Waals surface area contributed by atoms with Crippen molar-refractivity contribution in [3.05, 3.63) is 34.9 Å². The predicted octanol–water partition coefficient (Wildman–Crippen LogP) is 2.04. The van der Waals surface area contributed by atoms with E-state index < -0.39 is 28.6 Å². The molecule has 1 saturated carbocycles. The van der Waals surface area contributed by atoms with Crippen molar-refractivity contribution in [2.75, 3.05) is 6.54 Å². The van der Waals surface area contributed by atoms with Gasteiger partial charge < -0.3 is 10.8 Å². The van der Waals surface area contributed by atoms with Gasteiger partial charge in [0.1, 0.15) is 0 Å². The zero-order valence-electron chi connectivity index (χ0n) is 9.17. The molecular weight excluding hydrogens is 228 g/mol. The minimum absolute atomic E-state index is 0.203. The molecule has 1 fully saturated rings. The molecule has 3 N–H and O–H groups in total. The summed E-state index contributed by atoms with van der Waals surface area (Å²) in [5.74, 6) is -3.84. The van der Waals surface area contributed by atoms with Gasteiger partial charge in [0.2, 0.25) is 0 Å². The zero-order valence-corrected chi connectivity index (χ0v) is 9.17. The Morgan fingerprint density at radius 1 is 1.35 bits per heavy atom. The maximum Gasteiger partial charge on any atom is 0.338 e. The molecular formula is C12H13F2NO2. The van der Waals surface area contributed by atoms with E-state index in [1.54, 1.807) is 0 Å². The molecule has 0 amide bonds. The number of benzene rings is 1. The highest BCUT2D eigenvalue weighted by Crippen LogP contribution is 2.44. The molecule has 0 aliphatic heterocycles. The highest BCUT2D eigenvalue weighted by atomic mass is 19.2. The van der Waals surface area contributed by atoms with Crippen LogP contribution in [0.5, 0.6) is 0 Å². The van der Waals surface area contributed by atoms with Crippen LogP contribution in [0.25, 0.3) is 0 Å². The Bertz CT molecular complexity index is 464. The van der Waals surface area contributed by atoms with Crippen LogP contribution < -0.4 is 5.73 Å². The number of carbonyl (C=O) groups is 1. The number of hydrogen-bond donors (Lipinski definition) is 2. The molecule has 3 nitrogen and oxygen atoms in total. The first-order valence-corrected chi connectivity index (χ1v) is 5.44. The van der Waals surface area contributed by atoms with Gasteiger partial charge in [-0.3, -0.25) is 0 Å². The van der Waals surface area contributed by atoms with E-state index in [0.717, 1.165) is 12.5 Å². The van der Waals surface area contributed by atoms with Crippen molar-refractivity contribution >= 4 is 5.97 Å². The minimum atomic E-state index is -1.47. The second-order valence-corrected chi connectivity index (χ2v) is 4.43. The number of carboxylic acids is 1. The Balaban J connectivity index is 2.51. The van der Waals surface area contributed by atoms with Crippen LogP contribution in [-0.4, -0.2) is 17.6 Å². The van der Waals surface area contributed by atoms with Gasteiger partial charge in [-0.15, -0.1) is 0 Å². The van der Waals surface area contributed by atoms with Gasteiger partial charge in [-0.2, -0.15) is 0 Å². The molecule has 2 rings (SSSR count). The highest BCUT2D eigenvalue weighted by molar-refractivity contribution is 5.88. The van der Waals surface area contributed by atoms with Crippen LogP contribution >= 0.6 is 0 Å². The number of carboxylic acid groups (broad SMARTS) is 1. The summed E-state index contributed by atoms with van der Waals surface area (Å²) >= 11 is 0. The normalized spacial score (nSPS) is 17.6. The van der Waals surface area contributed by atoms with E-state index in [2.05, 4.69) is 0 Å². The molecule has 0 atom stereocenters. The number of nitrogens with two attached hydrogens (primary N) is 1. The van der Waals surface area contributed by atoms with Crippen LogP contribution in [0.1, 0.15) is 35.2 Å². The van der Waals surface area contributed by atoms with E-state index in [-0.39, 0.29) is 12.1 Å². The van der Waals surface area contributed by atoms with Crippen LogP contribution in [0.15, 0.2) is 12.1 Å². The Morgan fingerprint density at radius 3 is 2.41 bits per heavy atom. The third kappa shape index (κ3) is 1.70.